The highest BCUT2D eigenvalue weighted by atomic mass is 19.1. The van der Waals surface area contributed by atoms with Gasteiger partial charge in [0.1, 0.15) is 5.82 Å². The first-order valence-corrected chi connectivity index (χ1v) is 10.4. The van der Waals surface area contributed by atoms with E-state index in [1.54, 1.807) is 12.1 Å². The van der Waals surface area contributed by atoms with Crippen LogP contribution in [0.1, 0.15) is 37.4 Å². The van der Waals surface area contributed by atoms with Gasteiger partial charge in [-0.05, 0) is 73.1 Å². The van der Waals surface area contributed by atoms with Crippen LogP contribution in [0.25, 0.3) is 28.3 Å². The van der Waals surface area contributed by atoms with E-state index in [0.717, 1.165) is 47.2 Å². The number of hydrogen-bond acceptors (Lipinski definition) is 2. The van der Waals surface area contributed by atoms with Gasteiger partial charge in [0.05, 0.1) is 11.8 Å². The molecular formula is C27H28FNO. The van der Waals surface area contributed by atoms with Crippen molar-refractivity contribution in [3.05, 3.63) is 96.6 Å². The summed E-state index contributed by atoms with van der Waals surface area (Å²) in [5, 5.41) is 9.28. The predicted molar refractivity (Wildman–Crippen MR) is 124 cm³/mol. The highest BCUT2D eigenvalue weighted by Gasteiger charge is 2.05. The van der Waals surface area contributed by atoms with Crippen molar-refractivity contribution in [3.63, 3.8) is 0 Å². The number of rotatable bonds is 9. The van der Waals surface area contributed by atoms with Crippen molar-refractivity contribution >= 4 is 6.08 Å². The zero-order valence-corrected chi connectivity index (χ0v) is 17.4. The van der Waals surface area contributed by atoms with E-state index in [1.165, 1.54) is 0 Å². The average Bonchev–Trinajstić information content (AvgIpc) is 2.75. The summed E-state index contributed by atoms with van der Waals surface area (Å²) < 4.78 is 14.2. The Morgan fingerprint density at radius 2 is 1.67 bits per heavy atom. The third-order valence-corrected chi connectivity index (χ3v) is 5.04. The Morgan fingerprint density at radius 3 is 2.27 bits per heavy atom. The van der Waals surface area contributed by atoms with Gasteiger partial charge in [-0.1, -0.05) is 54.6 Å². The lowest BCUT2D eigenvalue weighted by Gasteiger charge is -2.07. The van der Waals surface area contributed by atoms with Crippen molar-refractivity contribution in [3.8, 4) is 22.3 Å². The second kappa shape index (κ2) is 10.7. The lowest BCUT2D eigenvalue weighted by molar-refractivity contribution is 0.182. The Kier molecular flexibility index (Phi) is 7.69. The summed E-state index contributed by atoms with van der Waals surface area (Å²) in [4.78, 5) is 4.51. The molecule has 0 aliphatic heterocycles. The maximum atomic E-state index is 14.2. The zero-order valence-electron chi connectivity index (χ0n) is 17.4. The smallest absolute Gasteiger partial charge is 0.127 e. The summed E-state index contributed by atoms with van der Waals surface area (Å²) in [5.41, 5.74) is 5.53. The minimum absolute atomic E-state index is 0.199. The summed E-state index contributed by atoms with van der Waals surface area (Å²) in [6.45, 7) is 5.48. The summed E-state index contributed by atoms with van der Waals surface area (Å²) in [7, 11) is 0. The fourth-order valence-corrected chi connectivity index (χ4v) is 3.31. The van der Waals surface area contributed by atoms with E-state index in [-0.39, 0.29) is 11.9 Å². The first kappa shape index (κ1) is 21.7. The van der Waals surface area contributed by atoms with Crippen LogP contribution in [0.2, 0.25) is 0 Å². The molecule has 1 atom stereocenters. The number of pyridine rings is 1. The maximum Gasteiger partial charge on any atom is 0.127 e. The molecule has 3 aromatic rings. The highest BCUT2D eigenvalue weighted by Crippen LogP contribution is 2.26. The first-order valence-electron chi connectivity index (χ1n) is 10.4. The summed E-state index contributed by atoms with van der Waals surface area (Å²) in [6, 6.07) is 17.5. The van der Waals surface area contributed by atoms with Crippen molar-refractivity contribution < 1.29 is 9.50 Å². The van der Waals surface area contributed by atoms with Crippen LogP contribution in [-0.2, 0) is 6.42 Å². The summed E-state index contributed by atoms with van der Waals surface area (Å²) in [6.07, 6.45) is 10.7. The van der Waals surface area contributed by atoms with Gasteiger partial charge in [0.2, 0.25) is 0 Å². The number of hydrogen-bond donors (Lipinski definition) is 1. The molecule has 0 aliphatic rings. The molecule has 0 fully saturated rings. The topological polar surface area (TPSA) is 33.1 Å². The third kappa shape index (κ3) is 5.98. The number of allylic oxidation sites excluding steroid dienone is 2. The first-order chi connectivity index (χ1) is 14.6. The monoisotopic (exact) mass is 401 g/mol. The molecule has 0 amide bonds. The molecule has 0 spiro atoms. The molecule has 0 bridgehead atoms. The molecule has 0 aliphatic carbocycles. The molecular weight excluding hydrogens is 373 g/mol. The normalized spacial score (nSPS) is 12.2. The molecule has 30 heavy (non-hydrogen) atoms. The molecule has 1 heterocycles. The fraction of sp³-hybridized carbons (Fsp3) is 0.222. The number of aliphatic hydroxyl groups is 1. The Morgan fingerprint density at radius 1 is 1.00 bits per heavy atom. The molecule has 1 unspecified atom stereocenters. The van der Waals surface area contributed by atoms with E-state index in [4.69, 9.17) is 0 Å². The van der Waals surface area contributed by atoms with E-state index in [1.807, 2.05) is 61.7 Å². The van der Waals surface area contributed by atoms with Crippen molar-refractivity contribution in [1.29, 1.82) is 0 Å². The van der Waals surface area contributed by atoms with E-state index >= 15 is 0 Å². The van der Waals surface area contributed by atoms with Crippen LogP contribution in [0.3, 0.4) is 0 Å². The van der Waals surface area contributed by atoms with Gasteiger partial charge >= 0.3 is 0 Å². The quantitative estimate of drug-likeness (QED) is 0.314. The Labute approximate surface area is 178 Å². The van der Waals surface area contributed by atoms with E-state index in [9.17, 15) is 9.50 Å². The molecule has 1 N–H and O–H groups in total. The number of halogens is 1. The van der Waals surface area contributed by atoms with Gasteiger partial charge in [-0.25, -0.2) is 4.39 Å². The van der Waals surface area contributed by atoms with Crippen molar-refractivity contribution in [2.75, 3.05) is 0 Å². The number of benzene rings is 2. The molecule has 1 aromatic heterocycles. The SMILES string of the molecule is C=CCc1ccc(-c2ccc(-c3ccc(/C=C/CCCC(C)O)nc3)cc2)cc1F. The van der Waals surface area contributed by atoms with Crippen LogP contribution < -0.4 is 0 Å². The standard InChI is InChI=1S/C27H28FNO/c1-3-7-23-14-15-24(18-27(23)28)21-10-12-22(13-11-21)25-16-17-26(29-19-25)9-6-4-5-8-20(2)30/h3,6,9-20,30H,1,4-5,7-8H2,2H3/b9-6+. The Balaban J connectivity index is 1.65. The van der Waals surface area contributed by atoms with Crippen LogP contribution in [0, 0.1) is 5.82 Å². The third-order valence-electron chi connectivity index (χ3n) is 5.04. The molecule has 2 nitrogen and oxygen atoms in total. The molecule has 3 rings (SSSR count). The molecule has 154 valence electrons. The predicted octanol–water partition coefficient (Wildman–Crippen LogP) is 6.85. The number of aromatic nitrogens is 1. The van der Waals surface area contributed by atoms with Crippen molar-refractivity contribution in [1.82, 2.24) is 4.98 Å². The van der Waals surface area contributed by atoms with Crippen LogP contribution in [-0.4, -0.2) is 16.2 Å². The molecule has 0 saturated carbocycles. The largest absolute Gasteiger partial charge is 0.393 e. The van der Waals surface area contributed by atoms with Crippen LogP contribution in [0.5, 0.6) is 0 Å². The summed E-state index contributed by atoms with van der Waals surface area (Å²) in [5.74, 6) is -0.199. The van der Waals surface area contributed by atoms with Gasteiger partial charge in [-0.2, -0.15) is 0 Å². The van der Waals surface area contributed by atoms with Gasteiger partial charge in [-0.15, -0.1) is 6.58 Å². The van der Waals surface area contributed by atoms with Crippen LogP contribution >= 0.6 is 0 Å². The lowest BCUT2D eigenvalue weighted by Crippen LogP contribution is -1.97. The fourth-order valence-electron chi connectivity index (χ4n) is 3.31. The van der Waals surface area contributed by atoms with E-state index in [0.29, 0.717) is 12.0 Å². The number of unbranched alkanes of at least 4 members (excludes halogenated alkanes) is 1. The second-order valence-electron chi connectivity index (χ2n) is 7.53. The Hall–Kier alpha value is -3.04. The summed E-state index contributed by atoms with van der Waals surface area (Å²) >= 11 is 0. The lowest BCUT2D eigenvalue weighted by atomic mass is 9.99. The van der Waals surface area contributed by atoms with Crippen LogP contribution in [0.4, 0.5) is 4.39 Å². The minimum atomic E-state index is -0.238. The van der Waals surface area contributed by atoms with Gasteiger partial charge < -0.3 is 5.11 Å². The highest BCUT2D eigenvalue weighted by molar-refractivity contribution is 5.70. The van der Waals surface area contributed by atoms with Crippen LogP contribution in [0.15, 0.2) is 79.5 Å². The van der Waals surface area contributed by atoms with Crippen molar-refractivity contribution in [2.24, 2.45) is 0 Å². The van der Waals surface area contributed by atoms with E-state index < -0.39 is 0 Å². The molecule has 2 aromatic carbocycles. The minimum Gasteiger partial charge on any atom is -0.393 e. The van der Waals surface area contributed by atoms with Gasteiger partial charge in [0, 0.05) is 11.8 Å². The molecule has 0 saturated heterocycles. The molecule has 0 radical (unpaired) electrons. The maximum absolute atomic E-state index is 14.2. The van der Waals surface area contributed by atoms with Gasteiger partial charge in [-0.3, -0.25) is 4.98 Å². The zero-order chi connectivity index (χ0) is 21.3. The van der Waals surface area contributed by atoms with Gasteiger partial charge in [0.15, 0.2) is 0 Å². The Bertz CT molecular complexity index is 988. The van der Waals surface area contributed by atoms with Crippen molar-refractivity contribution in [2.45, 2.75) is 38.7 Å². The average molecular weight is 402 g/mol. The molecule has 3 heteroatoms. The second-order valence-corrected chi connectivity index (χ2v) is 7.53. The number of nitrogens with zero attached hydrogens (tertiary/aromatic N) is 1. The van der Waals surface area contributed by atoms with Gasteiger partial charge in [0.25, 0.3) is 0 Å². The van der Waals surface area contributed by atoms with E-state index in [2.05, 4.69) is 23.7 Å². The number of aliphatic hydroxyl groups excluding tert-OH is 1.